The molecule has 2 aromatic rings. The van der Waals surface area contributed by atoms with Gasteiger partial charge in [-0.2, -0.15) is 4.31 Å². The predicted molar refractivity (Wildman–Crippen MR) is 200 cm³/mol. The Morgan fingerprint density at radius 2 is 1.82 bits per heavy atom. The summed E-state index contributed by atoms with van der Waals surface area (Å²) in [4.78, 5) is 14.7. The molecule has 8 atom stereocenters. The smallest absolute Gasteiger partial charge is 0.214 e. The van der Waals surface area contributed by atoms with Gasteiger partial charge in [0, 0.05) is 55.7 Å². The van der Waals surface area contributed by atoms with Gasteiger partial charge in [-0.25, -0.2) is 8.42 Å². The summed E-state index contributed by atoms with van der Waals surface area (Å²) in [6.45, 7) is 7.93. The first-order chi connectivity index (χ1) is 24.1. The number of sulfonamides is 1. The number of benzene rings is 2. The van der Waals surface area contributed by atoms with Crippen molar-refractivity contribution in [1.82, 2.24) is 14.9 Å². The highest BCUT2D eigenvalue weighted by Crippen LogP contribution is 2.43. The van der Waals surface area contributed by atoms with E-state index in [2.05, 4.69) is 48.7 Å². The molecular weight excluding hydrogens is 670 g/mol. The van der Waals surface area contributed by atoms with E-state index in [-0.39, 0.29) is 47.1 Å². The van der Waals surface area contributed by atoms with Gasteiger partial charge in [0.15, 0.2) is 5.78 Å². The molecule has 1 aliphatic carbocycles. The van der Waals surface area contributed by atoms with Crippen molar-refractivity contribution in [3.8, 4) is 0 Å². The number of piperazine rings is 1. The first kappa shape index (κ1) is 37.9. The number of hydrogen-bond acceptors (Lipinski definition) is 7. The van der Waals surface area contributed by atoms with Gasteiger partial charge in [0.2, 0.25) is 10.0 Å². The van der Waals surface area contributed by atoms with Crippen LogP contribution in [0.4, 0.5) is 0 Å². The van der Waals surface area contributed by atoms with Crippen LogP contribution < -0.4 is 10.6 Å². The van der Waals surface area contributed by atoms with Crippen LogP contribution in [-0.2, 0) is 30.9 Å². The molecule has 0 radical (unpaired) electrons. The number of halogens is 1. The molecule has 3 aliphatic heterocycles. The van der Waals surface area contributed by atoms with Gasteiger partial charge in [0.05, 0.1) is 30.6 Å². The second-order valence-electron chi connectivity index (χ2n) is 15.9. The molecule has 3 saturated heterocycles. The molecule has 8 nitrogen and oxygen atoms in total. The Morgan fingerprint density at radius 1 is 1.04 bits per heavy atom. The standard InChI is InChI=1S/C40H58ClN3O5S/c1-40(2)25-33(19-21-49-40)38(31-13-16-34(41)17-14-31)39(42-20-22-48-28-29-8-4-3-5-9-29)37(45)24-32-11-6-10-30(32)15-18-36-26-43-35-12-7-23-50(46,47)44(36)27-35/h3-5,8-9,13-14,16-17,30,32-33,35-36,38-39,42-43H,6-7,10-12,15,18-28H2,1-2H3/t30-,32-,33?,35-,36+,38+,39-/m1/s1. The zero-order valence-electron chi connectivity index (χ0n) is 30.0. The molecule has 276 valence electrons. The van der Waals surface area contributed by atoms with Gasteiger partial charge in [-0.05, 0) is 99.8 Å². The fourth-order valence-electron chi connectivity index (χ4n) is 9.30. The largest absolute Gasteiger partial charge is 0.376 e. The summed E-state index contributed by atoms with van der Waals surface area (Å²) in [7, 11) is -3.21. The molecular formula is C40H58ClN3O5S. The topological polar surface area (TPSA) is 97.0 Å². The number of ether oxygens (including phenoxy) is 2. The highest BCUT2D eigenvalue weighted by Gasteiger charge is 2.42. The zero-order valence-corrected chi connectivity index (χ0v) is 31.6. The first-order valence-corrected chi connectivity index (χ1v) is 21.1. The monoisotopic (exact) mass is 727 g/mol. The average Bonchev–Trinajstić information content (AvgIpc) is 3.49. The molecule has 4 fully saturated rings. The summed E-state index contributed by atoms with van der Waals surface area (Å²) in [6.07, 6.45) is 9.04. The van der Waals surface area contributed by atoms with Crippen molar-refractivity contribution in [3.63, 3.8) is 0 Å². The molecule has 0 aromatic heterocycles. The summed E-state index contributed by atoms with van der Waals surface area (Å²) in [6, 6.07) is 18.2. The third-order valence-corrected chi connectivity index (χ3v) is 14.1. The average molecular weight is 728 g/mol. The number of carbonyl (C=O) groups is 1. The lowest BCUT2D eigenvalue weighted by Crippen LogP contribution is -2.57. The molecule has 2 bridgehead atoms. The highest BCUT2D eigenvalue weighted by molar-refractivity contribution is 7.89. The van der Waals surface area contributed by atoms with E-state index in [1.165, 1.54) is 0 Å². The maximum Gasteiger partial charge on any atom is 0.214 e. The minimum atomic E-state index is -3.21. The molecule has 1 saturated carbocycles. The number of Topliss-reactive ketones (excluding diaryl/α,β-unsaturated/α-hetero) is 1. The molecule has 0 amide bonds. The van der Waals surface area contributed by atoms with Crippen molar-refractivity contribution in [2.24, 2.45) is 17.8 Å². The second-order valence-corrected chi connectivity index (χ2v) is 18.4. The normalized spacial score (nSPS) is 30.3. The van der Waals surface area contributed by atoms with Gasteiger partial charge in [-0.15, -0.1) is 0 Å². The van der Waals surface area contributed by atoms with E-state index in [1.54, 1.807) is 0 Å². The highest BCUT2D eigenvalue weighted by atomic mass is 35.5. The van der Waals surface area contributed by atoms with Gasteiger partial charge >= 0.3 is 0 Å². The first-order valence-electron chi connectivity index (χ1n) is 19.1. The van der Waals surface area contributed by atoms with Gasteiger partial charge in [-0.1, -0.05) is 66.9 Å². The van der Waals surface area contributed by atoms with Crippen LogP contribution in [0, 0.1) is 17.8 Å². The van der Waals surface area contributed by atoms with Crippen molar-refractivity contribution in [2.75, 3.05) is 38.6 Å². The van der Waals surface area contributed by atoms with Crippen molar-refractivity contribution in [2.45, 2.75) is 114 Å². The van der Waals surface area contributed by atoms with Crippen LogP contribution in [-0.4, -0.2) is 80.8 Å². The Labute approximate surface area is 305 Å². The number of hydrogen-bond donors (Lipinski definition) is 2. The van der Waals surface area contributed by atoms with Gasteiger partial charge < -0.3 is 20.1 Å². The van der Waals surface area contributed by atoms with E-state index < -0.39 is 10.0 Å². The third-order valence-electron chi connectivity index (χ3n) is 11.8. The Kier molecular flexibility index (Phi) is 13.1. The lowest BCUT2D eigenvalue weighted by Gasteiger charge is -2.42. The fraction of sp³-hybridized carbons (Fsp3) is 0.675. The number of carbonyl (C=O) groups excluding carboxylic acids is 1. The lowest BCUT2D eigenvalue weighted by molar-refractivity contribution is -0.125. The molecule has 2 aromatic carbocycles. The lowest BCUT2D eigenvalue weighted by atomic mass is 9.71. The summed E-state index contributed by atoms with van der Waals surface area (Å²) in [5.41, 5.74) is 2.01. The maximum absolute atomic E-state index is 14.7. The predicted octanol–water partition coefficient (Wildman–Crippen LogP) is 6.73. The van der Waals surface area contributed by atoms with Crippen molar-refractivity contribution in [1.29, 1.82) is 0 Å². The summed E-state index contributed by atoms with van der Waals surface area (Å²) in [5, 5.41) is 8.04. The minimum Gasteiger partial charge on any atom is -0.376 e. The number of fused-ring (bicyclic) bond motifs is 2. The number of ketones is 1. The quantitative estimate of drug-likeness (QED) is 0.197. The molecule has 6 rings (SSSR count). The maximum atomic E-state index is 14.7. The summed E-state index contributed by atoms with van der Waals surface area (Å²) >= 11 is 6.37. The van der Waals surface area contributed by atoms with Crippen molar-refractivity contribution in [3.05, 3.63) is 70.7 Å². The summed E-state index contributed by atoms with van der Waals surface area (Å²) < 4.78 is 40.2. The fourth-order valence-corrected chi connectivity index (χ4v) is 11.2. The van der Waals surface area contributed by atoms with Crippen LogP contribution in [0.2, 0.25) is 5.02 Å². The van der Waals surface area contributed by atoms with E-state index >= 15 is 0 Å². The summed E-state index contributed by atoms with van der Waals surface area (Å²) in [5.74, 6) is 1.51. The number of nitrogens with one attached hydrogen (secondary N) is 2. The van der Waals surface area contributed by atoms with Crippen LogP contribution in [0.5, 0.6) is 0 Å². The van der Waals surface area contributed by atoms with Gasteiger partial charge in [0.1, 0.15) is 0 Å². The van der Waals surface area contributed by atoms with Crippen molar-refractivity contribution < 1.29 is 22.7 Å². The Hall–Kier alpha value is -1.85. The molecule has 3 heterocycles. The van der Waals surface area contributed by atoms with E-state index in [0.717, 1.165) is 75.5 Å². The van der Waals surface area contributed by atoms with Gasteiger partial charge in [-0.3, -0.25) is 4.79 Å². The molecule has 2 unspecified atom stereocenters. The van der Waals surface area contributed by atoms with Crippen LogP contribution in [0.1, 0.15) is 95.1 Å². The Morgan fingerprint density at radius 3 is 2.60 bits per heavy atom. The molecule has 4 aliphatic rings. The van der Waals surface area contributed by atoms with E-state index in [4.69, 9.17) is 21.1 Å². The molecule has 50 heavy (non-hydrogen) atoms. The second kappa shape index (κ2) is 17.3. The molecule has 10 heteroatoms. The van der Waals surface area contributed by atoms with Crippen molar-refractivity contribution >= 4 is 27.4 Å². The Bertz CT molecular complexity index is 1490. The minimum absolute atomic E-state index is 0.00256. The molecule has 2 N–H and O–H groups in total. The Balaban J connectivity index is 1.16. The number of rotatable bonds is 15. The SMILES string of the molecule is CC1(C)CC([C@H](c2ccc(Cl)cc2)[C@H](NCCOCc2ccccc2)C(=O)C[C@H]2CCC[C@@H]2CC[C@H]2CN[C@@H]3CCCS(=O)(=O)N2C3)CCO1. The van der Waals surface area contributed by atoms with E-state index in [0.29, 0.717) is 56.2 Å². The van der Waals surface area contributed by atoms with Gasteiger partial charge in [0.25, 0.3) is 0 Å². The van der Waals surface area contributed by atoms with Crippen LogP contribution in [0.15, 0.2) is 54.6 Å². The van der Waals surface area contributed by atoms with E-state index in [9.17, 15) is 13.2 Å². The van der Waals surface area contributed by atoms with Crippen LogP contribution in [0.3, 0.4) is 0 Å². The number of nitrogens with zero attached hydrogens (tertiary/aromatic N) is 1. The molecule has 0 spiro atoms. The zero-order chi connectivity index (χ0) is 35.1. The van der Waals surface area contributed by atoms with Crippen LogP contribution >= 0.6 is 11.6 Å². The van der Waals surface area contributed by atoms with E-state index in [1.807, 2.05) is 34.6 Å². The third kappa shape index (κ3) is 9.97. The van der Waals surface area contributed by atoms with Crippen LogP contribution in [0.25, 0.3) is 0 Å².